The zero-order valence-corrected chi connectivity index (χ0v) is 12.3. The number of hydrogen-bond acceptors (Lipinski definition) is 4. The highest BCUT2D eigenvalue weighted by molar-refractivity contribution is 5.94. The fourth-order valence-corrected chi connectivity index (χ4v) is 2.53. The Morgan fingerprint density at radius 1 is 1.23 bits per heavy atom. The first-order valence-corrected chi connectivity index (χ1v) is 7.42. The summed E-state index contributed by atoms with van der Waals surface area (Å²) in [5, 5.41) is 3.41. The van der Waals surface area contributed by atoms with Gasteiger partial charge in [-0.2, -0.15) is 0 Å². The summed E-state index contributed by atoms with van der Waals surface area (Å²) in [5.41, 5.74) is 3.57. The van der Waals surface area contributed by atoms with E-state index in [4.69, 9.17) is 0 Å². The Morgan fingerprint density at radius 3 is 2.68 bits per heavy atom. The largest absolute Gasteiger partial charge is 0.364 e. The van der Waals surface area contributed by atoms with Gasteiger partial charge in [0.2, 0.25) is 0 Å². The molecule has 0 bridgehead atoms. The van der Waals surface area contributed by atoms with Gasteiger partial charge in [-0.15, -0.1) is 0 Å². The molecular formula is C17H16N4O. The van der Waals surface area contributed by atoms with Gasteiger partial charge in [-0.3, -0.25) is 9.20 Å². The molecule has 0 spiro atoms. The van der Waals surface area contributed by atoms with E-state index in [1.807, 2.05) is 41.1 Å². The number of ketones is 1. The zero-order valence-electron chi connectivity index (χ0n) is 12.3. The number of Topliss-reactive ketones (excluding diaryl/α,β-unsaturated/α-hetero) is 1. The molecule has 1 aromatic carbocycles. The molecule has 0 atom stereocenters. The van der Waals surface area contributed by atoms with Crippen LogP contribution in [0.25, 0.3) is 16.9 Å². The number of benzene rings is 1. The van der Waals surface area contributed by atoms with Crippen molar-refractivity contribution in [2.45, 2.75) is 25.8 Å². The quantitative estimate of drug-likeness (QED) is 0.750. The van der Waals surface area contributed by atoms with E-state index in [1.54, 1.807) is 13.1 Å². The van der Waals surface area contributed by atoms with Crippen LogP contribution in [0.2, 0.25) is 0 Å². The smallest absolute Gasteiger partial charge is 0.180 e. The zero-order chi connectivity index (χ0) is 15.1. The molecule has 2 heterocycles. The number of imidazole rings is 1. The summed E-state index contributed by atoms with van der Waals surface area (Å²) in [6, 6.07) is 8.14. The van der Waals surface area contributed by atoms with Crippen molar-refractivity contribution < 1.29 is 4.79 Å². The van der Waals surface area contributed by atoms with Gasteiger partial charge >= 0.3 is 0 Å². The number of nitrogens with one attached hydrogen (secondary N) is 1. The van der Waals surface area contributed by atoms with Crippen molar-refractivity contribution >= 4 is 17.2 Å². The van der Waals surface area contributed by atoms with E-state index in [2.05, 4.69) is 15.3 Å². The van der Waals surface area contributed by atoms with E-state index in [9.17, 15) is 4.79 Å². The molecule has 1 fully saturated rings. The fourth-order valence-electron chi connectivity index (χ4n) is 2.53. The highest BCUT2D eigenvalue weighted by atomic mass is 16.1. The van der Waals surface area contributed by atoms with Crippen molar-refractivity contribution in [2.75, 3.05) is 5.32 Å². The third-order valence-corrected chi connectivity index (χ3v) is 3.93. The minimum atomic E-state index is 0.0739. The first kappa shape index (κ1) is 13.0. The van der Waals surface area contributed by atoms with E-state index in [0.717, 1.165) is 28.3 Å². The van der Waals surface area contributed by atoms with Crippen molar-refractivity contribution in [3.8, 4) is 11.3 Å². The Morgan fingerprint density at radius 2 is 2.00 bits per heavy atom. The van der Waals surface area contributed by atoms with E-state index in [0.29, 0.717) is 6.04 Å². The lowest BCUT2D eigenvalue weighted by Crippen LogP contribution is -2.05. The standard InChI is InChI=1S/C17H16N4O/c1-11(22)12-2-4-13(5-3-12)15-10-19-17-16(20-14-6-7-14)18-8-9-21(15)17/h2-5,8-10,14H,6-7H2,1H3,(H,18,20). The third kappa shape index (κ3) is 2.24. The molecule has 0 radical (unpaired) electrons. The van der Waals surface area contributed by atoms with Crippen LogP contribution in [0.3, 0.4) is 0 Å². The highest BCUT2D eigenvalue weighted by Gasteiger charge is 2.23. The van der Waals surface area contributed by atoms with Gasteiger partial charge in [0.25, 0.3) is 0 Å². The predicted molar refractivity (Wildman–Crippen MR) is 85.1 cm³/mol. The Labute approximate surface area is 128 Å². The fraction of sp³-hybridized carbons (Fsp3) is 0.235. The van der Waals surface area contributed by atoms with Crippen molar-refractivity contribution in [2.24, 2.45) is 0 Å². The van der Waals surface area contributed by atoms with Gasteiger partial charge in [0.05, 0.1) is 11.9 Å². The lowest BCUT2D eigenvalue weighted by Gasteiger charge is -2.06. The van der Waals surface area contributed by atoms with E-state index >= 15 is 0 Å². The SMILES string of the molecule is CC(=O)c1ccc(-c2cnc3c(NC4CC4)nccn23)cc1. The molecule has 0 amide bonds. The van der Waals surface area contributed by atoms with Crippen LogP contribution in [-0.2, 0) is 0 Å². The van der Waals surface area contributed by atoms with Crippen LogP contribution in [0.5, 0.6) is 0 Å². The minimum absolute atomic E-state index is 0.0739. The van der Waals surface area contributed by atoms with Crippen LogP contribution < -0.4 is 5.32 Å². The number of anilines is 1. The first-order valence-electron chi connectivity index (χ1n) is 7.42. The predicted octanol–water partition coefficient (Wildman–Crippen LogP) is 3.17. The van der Waals surface area contributed by atoms with E-state index < -0.39 is 0 Å². The monoisotopic (exact) mass is 292 g/mol. The minimum Gasteiger partial charge on any atom is -0.364 e. The average Bonchev–Trinajstić information content (AvgIpc) is 3.24. The van der Waals surface area contributed by atoms with Crippen molar-refractivity contribution in [3.63, 3.8) is 0 Å². The van der Waals surface area contributed by atoms with Crippen LogP contribution in [0, 0.1) is 0 Å². The second-order valence-corrected chi connectivity index (χ2v) is 5.67. The van der Waals surface area contributed by atoms with Gasteiger partial charge in [0.15, 0.2) is 17.2 Å². The van der Waals surface area contributed by atoms with Gasteiger partial charge in [0.1, 0.15) is 0 Å². The second-order valence-electron chi connectivity index (χ2n) is 5.67. The molecule has 3 aromatic rings. The molecule has 2 aromatic heterocycles. The molecule has 5 nitrogen and oxygen atoms in total. The van der Waals surface area contributed by atoms with Gasteiger partial charge in [-0.1, -0.05) is 24.3 Å². The first-order chi connectivity index (χ1) is 10.7. The number of hydrogen-bond donors (Lipinski definition) is 1. The van der Waals surface area contributed by atoms with Gasteiger partial charge in [0, 0.05) is 29.6 Å². The molecule has 22 heavy (non-hydrogen) atoms. The summed E-state index contributed by atoms with van der Waals surface area (Å²) in [5.74, 6) is 0.904. The average molecular weight is 292 g/mol. The molecule has 1 saturated carbocycles. The molecule has 1 N–H and O–H groups in total. The molecule has 0 saturated heterocycles. The van der Waals surface area contributed by atoms with Crippen LogP contribution >= 0.6 is 0 Å². The van der Waals surface area contributed by atoms with Crippen LogP contribution in [-0.4, -0.2) is 26.2 Å². The Balaban J connectivity index is 1.76. The number of carbonyl (C=O) groups excluding carboxylic acids is 1. The van der Waals surface area contributed by atoms with Gasteiger partial charge < -0.3 is 5.32 Å². The molecule has 5 heteroatoms. The number of carbonyl (C=O) groups is 1. The lowest BCUT2D eigenvalue weighted by atomic mass is 10.1. The Kier molecular flexibility index (Phi) is 2.92. The Hall–Kier alpha value is -2.69. The summed E-state index contributed by atoms with van der Waals surface area (Å²) >= 11 is 0. The molecule has 4 rings (SSSR count). The maximum absolute atomic E-state index is 11.4. The summed E-state index contributed by atoms with van der Waals surface area (Å²) < 4.78 is 2.03. The molecule has 1 aliphatic carbocycles. The van der Waals surface area contributed by atoms with Gasteiger partial charge in [-0.05, 0) is 19.8 Å². The van der Waals surface area contributed by atoms with Crippen LogP contribution in [0.15, 0.2) is 42.9 Å². The summed E-state index contributed by atoms with van der Waals surface area (Å²) in [6.07, 6.45) is 7.94. The summed E-state index contributed by atoms with van der Waals surface area (Å²) in [7, 11) is 0. The molecular weight excluding hydrogens is 276 g/mol. The Bertz CT molecular complexity index is 847. The maximum Gasteiger partial charge on any atom is 0.180 e. The molecule has 0 unspecified atom stereocenters. The van der Waals surface area contributed by atoms with Gasteiger partial charge in [-0.25, -0.2) is 9.97 Å². The topological polar surface area (TPSA) is 59.3 Å². The molecule has 0 aliphatic heterocycles. The van der Waals surface area contributed by atoms with Crippen molar-refractivity contribution in [3.05, 3.63) is 48.4 Å². The highest BCUT2D eigenvalue weighted by Crippen LogP contribution is 2.28. The number of rotatable bonds is 4. The van der Waals surface area contributed by atoms with Crippen LogP contribution in [0.4, 0.5) is 5.82 Å². The van der Waals surface area contributed by atoms with Crippen molar-refractivity contribution in [1.82, 2.24) is 14.4 Å². The number of nitrogens with zero attached hydrogens (tertiary/aromatic N) is 3. The van der Waals surface area contributed by atoms with E-state index in [-0.39, 0.29) is 5.78 Å². The lowest BCUT2D eigenvalue weighted by molar-refractivity contribution is 0.101. The maximum atomic E-state index is 11.4. The second kappa shape index (κ2) is 4.94. The number of aromatic nitrogens is 3. The normalized spacial score (nSPS) is 14.2. The summed E-state index contributed by atoms with van der Waals surface area (Å²) in [4.78, 5) is 20.3. The van der Waals surface area contributed by atoms with Crippen LogP contribution in [0.1, 0.15) is 30.1 Å². The number of fused-ring (bicyclic) bond motifs is 1. The van der Waals surface area contributed by atoms with E-state index in [1.165, 1.54) is 12.8 Å². The summed E-state index contributed by atoms with van der Waals surface area (Å²) in [6.45, 7) is 1.57. The van der Waals surface area contributed by atoms with Crippen molar-refractivity contribution in [1.29, 1.82) is 0 Å². The molecule has 110 valence electrons. The molecule has 1 aliphatic rings. The third-order valence-electron chi connectivity index (χ3n) is 3.93.